The summed E-state index contributed by atoms with van der Waals surface area (Å²) in [5.74, 6) is 0.395. The smallest absolute Gasteiger partial charge is 0.246 e. The minimum Gasteiger partial charge on any atom is -0.259 e. The first-order valence-corrected chi connectivity index (χ1v) is 7.15. The number of nitro groups is 1. The van der Waals surface area contributed by atoms with Crippen molar-refractivity contribution in [2.75, 3.05) is 0 Å². The number of allylic oxidation sites excluding steroid dienone is 2. The van der Waals surface area contributed by atoms with Crippen LogP contribution in [-0.2, 0) is 6.42 Å². The number of nitrogens with zero attached hydrogens (tertiary/aromatic N) is 1. The fourth-order valence-corrected chi connectivity index (χ4v) is 2.74. The molecule has 0 bridgehead atoms. The summed E-state index contributed by atoms with van der Waals surface area (Å²) in [6, 6.07) is 9.69. The molecule has 1 aromatic carbocycles. The van der Waals surface area contributed by atoms with E-state index in [0.717, 1.165) is 18.4 Å². The van der Waals surface area contributed by atoms with Gasteiger partial charge in [0.15, 0.2) is 0 Å². The molecule has 102 valence electrons. The monoisotopic (exact) mass is 259 g/mol. The van der Waals surface area contributed by atoms with E-state index in [9.17, 15) is 10.1 Å². The first kappa shape index (κ1) is 13.8. The molecule has 1 aliphatic carbocycles. The maximum absolute atomic E-state index is 11.2. The maximum Gasteiger partial charge on any atom is 0.246 e. The van der Waals surface area contributed by atoms with E-state index in [1.807, 2.05) is 36.4 Å². The molecule has 0 amide bonds. The van der Waals surface area contributed by atoms with Gasteiger partial charge >= 0.3 is 0 Å². The molecule has 0 aromatic heterocycles. The Morgan fingerprint density at radius 2 is 1.79 bits per heavy atom. The average Bonchev–Trinajstić information content (AvgIpc) is 2.68. The molecule has 19 heavy (non-hydrogen) atoms. The molecule has 0 saturated heterocycles. The van der Waals surface area contributed by atoms with Gasteiger partial charge in [-0.2, -0.15) is 0 Å². The molecular formula is C16H21NO2. The van der Waals surface area contributed by atoms with Crippen LogP contribution in [0.1, 0.15) is 44.1 Å². The topological polar surface area (TPSA) is 43.1 Å². The molecule has 0 heterocycles. The molecule has 0 unspecified atom stereocenters. The van der Waals surface area contributed by atoms with Crippen molar-refractivity contribution in [2.45, 2.75) is 44.9 Å². The minimum absolute atomic E-state index is 0.210. The van der Waals surface area contributed by atoms with Crippen molar-refractivity contribution in [2.24, 2.45) is 5.92 Å². The van der Waals surface area contributed by atoms with Gasteiger partial charge in [0, 0.05) is 0 Å². The lowest BCUT2D eigenvalue weighted by molar-refractivity contribution is -0.427. The summed E-state index contributed by atoms with van der Waals surface area (Å²) < 4.78 is 0. The largest absolute Gasteiger partial charge is 0.259 e. The second kappa shape index (κ2) is 7.07. The normalized spacial score (nSPS) is 18.0. The Morgan fingerprint density at radius 3 is 2.37 bits per heavy atom. The van der Waals surface area contributed by atoms with Gasteiger partial charge in [0.2, 0.25) is 5.70 Å². The number of rotatable bonds is 4. The summed E-state index contributed by atoms with van der Waals surface area (Å²) in [7, 11) is 0. The molecule has 0 aliphatic heterocycles. The van der Waals surface area contributed by atoms with E-state index in [1.165, 1.54) is 25.7 Å². The quantitative estimate of drug-likeness (QED) is 0.458. The van der Waals surface area contributed by atoms with Crippen molar-refractivity contribution in [3.63, 3.8) is 0 Å². The predicted octanol–water partition coefficient (Wildman–Crippen LogP) is 4.36. The van der Waals surface area contributed by atoms with Crippen LogP contribution in [0.5, 0.6) is 0 Å². The minimum atomic E-state index is -0.210. The van der Waals surface area contributed by atoms with Crippen molar-refractivity contribution >= 4 is 0 Å². The van der Waals surface area contributed by atoms with E-state index < -0.39 is 0 Å². The van der Waals surface area contributed by atoms with Gasteiger partial charge in [-0.05, 0) is 30.4 Å². The fraction of sp³-hybridized carbons (Fsp3) is 0.500. The zero-order valence-electron chi connectivity index (χ0n) is 11.3. The summed E-state index contributed by atoms with van der Waals surface area (Å²) in [6.45, 7) is 0. The van der Waals surface area contributed by atoms with Crippen LogP contribution in [0.2, 0.25) is 0 Å². The van der Waals surface area contributed by atoms with Crippen molar-refractivity contribution in [1.82, 2.24) is 0 Å². The Hall–Kier alpha value is -1.64. The van der Waals surface area contributed by atoms with Gasteiger partial charge in [-0.15, -0.1) is 0 Å². The van der Waals surface area contributed by atoms with Gasteiger partial charge in [-0.3, -0.25) is 10.1 Å². The molecule has 1 saturated carbocycles. The lowest BCUT2D eigenvalue weighted by Gasteiger charge is -2.08. The highest BCUT2D eigenvalue weighted by molar-refractivity contribution is 5.19. The van der Waals surface area contributed by atoms with Gasteiger partial charge in [0.05, 0.1) is 11.3 Å². The third-order valence-corrected chi connectivity index (χ3v) is 3.79. The molecule has 0 atom stereocenters. The highest BCUT2D eigenvalue weighted by atomic mass is 16.6. The fourth-order valence-electron chi connectivity index (χ4n) is 2.74. The van der Waals surface area contributed by atoms with Crippen LogP contribution >= 0.6 is 0 Å². The van der Waals surface area contributed by atoms with Gasteiger partial charge in [0.25, 0.3) is 0 Å². The highest BCUT2D eigenvalue weighted by Crippen LogP contribution is 2.25. The highest BCUT2D eigenvalue weighted by Gasteiger charge is 2.17. The summed E-state index contributed by atoms with van der Waals surface area (Å²) in [5, 5.41) is 11.2. The van der Waals surface area contributed by atoms with Crippen LogP contribution in [0.25, 0.3) is 0 Å². The van der Waals surface area contributed by atoms with Gasteiger partial charge in [-0.1, -0.05) is 56.0 Å². The number of hydrogen-bond donors (Lipinski definition) is 0. The van der Waals surface area contributed by atoms with Crippen LogP contribution in [0, 0.1) is 16.0 Å². The van der Waals surface area contributed by atoms with E-state index in [-0.39, 0.29) is 4.92 Å². The van der Waals surface area contributed by atoms with Gasteiger partial charge < -0.3 is 0 Å². The van der Waals surface area contributed by atoms with E-state index in [4.69, 9.17) is 0 Å². The Labute approximate surface area is 114 Å². The van der Waals surface area contributed by atoms with E-state index >= 15 is 0 Å². The number of hydrogen-bond acceptors (Lipinski definition) is 2. The molecule has 3 heteroatoms. The maximum atomic E-state index is 11.2. The second-order valence-corrected chi connectivity index (χ2v) is 5.33. The van der Waals surface area contributed by atoms with Gasteiger partial charge in [0.1, 0.15) is 0 Å². The molecule has 1 fully saturated rings. The summed E-state index contributed by atoms with van der Waals surface area (Å²) >= 11 is 0. The van der Waals surface area contributed by atoms with Crippen LogP contribution in [0.4, 0.5) is 0 Å². The van der Waals surface area contributed by atoms with E-state index in [0.29, 0.717) is 18.0 Å². The van der Waals surface area contributed by atoms with Crippen molar-refractivity contribution in [1.29, 1.82) is 0 Å². The molecule has 1 aliphatic rings. The van der Waals surface area contributed by atoms with E-state index in [1.54, 1.807) is 0 Å². The molecule has 0 N–H and O–H groups in total. The Bertz CT molecular complexity index is 431. The van der Waals surface area contributed by atoms with Crippen molar-refractivity contribution in [3.8, 4) is 0 Å². The predicted molar refractivity (Wildman–Crippen MR) is 76.4 cm³/mol. The lowest BCUT2D eigenvalue weighted by Crippen LogP contribution is -2.06. The zero-order chi connectivity index (χ0) is 13.5. The van der Waals surface area contributed by atoms with Crippen LogP contribution in [0.3, 0.4) is 0 Å². The summed E-state index contributed by atoms with van der Waals surface area (Å²) in [5.41, 5.74) is 1.37. The zero-order valence-corrected chi connectivity index (χ0v) is 11.3. The van der Waals surface area contributed by atoms with Crippen molar-refractivity contribution < 1.29 is 4.92 Å². The molecule has 3 nitrogen and oxygen atoms in total. The first-order valence-electron chi connectivity index (χ1n) is 7.15. The summed E-state index contributed by atoms with van der Waals surface area (Å²) in [6.07, 6.45) is 9.52. The first-order chi connectivity index (χ1) is 9.25. The van der Waals surface area contributed by atoms with Crippen LogP contribution in [0.15, 0.2) is 42.1 Å². The lowest BCUT2D eigenvalue weighted by atomic mass is 9.97. The Balaban J connectivity index is 2.08. The third-order valence-electron chi connectivity index (χ3n) is 3.79. The SMILES string of the molecule is O=[N+]([O-])C(=CC1CCCCCC1)Cc1ccccc1. The average molecular weight is 259 g/mol. The molecule has 0 radical (unpaired) electrons. The third kappa shape index (κ3) is 4.51. The van der Waals surface area contributed by atoms with E-state index in [2.05, 4.69) is 0 Å². The van der Waals surface area contributed by atoms with Crippen molar-refractivity contribution in [3.05, 3.63) is 57.8 Å². The summed E-state index contributed by atoms with van der Waals surface area (Å²) in [4.78, 5) is 11.0. The Morgan fingerprint density at radius 1 is 1.16 bits per heavy atom. The Kier molecular flexibility index (Phi) is 5.13. The second-order valence-electron chi connectivity index (χ2n) is 5.33. The molecule has 1 aromatic rings. The van der Waals surface area contributed by atoms with Gasteiger partial charge in [-0.25, -0.2) is 0 Å². The number of benzene rings is 1. The molecular weight excluding hydrogens is 238 g/mol. The molecule has 0 spiro atoms. The van der Waals surface area contributed by atoms with Crippen LogP contribution < -0.4 is 0 Å². The molecule has 2 rings (SSSR count). The standard InChI is InChI=1S/C16H21NO2/c18-17(19)16(13-15-10-6-3-7-11-15)12-14-8-4-1-2-5-9-14/h3,6-7,10-12,14H,1-2,4-5,8-9,13H2. The van der Waals surface area contributed by atoms with Crippen LogP contribution in [-0.4, -0.2) is 4.92 Å².